The normalized spacial score (nSPS) is 10.8. The molecule has 1 heterocycles. The van der Waals surface area contributed by atoms with Crippen molar-refractivity contribution in [3.05, 3.63) is 104 Å². The maximum Gasteiger partial charge on any atom is 0.356 e. The minimum Gasteiger partial charge on any atom is -0.453 e. The summed E-state index contributed by atoms with van der Waals surface area (Å²) in [4.78, 5) is 38.6. The van der Waals surface area contributed by atoms with Crippen LogP contribution in [0, 0.1) is 6.92 Å². The summed E-state index contributed by atoms with van der Waals surface area (Å²) >= 11 is 3.33. The van der Waals surface area contributed by atoms with Crippen LogP contribution in [0.1, 0.15) is 26.4 Å². The van der Waals surface area contributed by atoms with Crippen LogP contribution in [-0.4, -0.2) is 22.9 Å². The van der Waals surface area contributed by atoms with Crippen LogP contribution in [0.2, 0.25) is 0 Å². The van der Waals surface area contributed by atoms with E-state index in [-0.39, 0.29) is 17.0 Å². The van der Waals surface area contributed by atoms with Gasteiger partial charge in [0.15, 0.2) is 12.4 Å². The second-order valence-electron chi connectivity index (χ2n) is 7.51. The molecule has 0 aliphatic rings. The Kier molecular flexibility index (Phi) is 6.06. The van der Waals surface area contributed by atoms with E-state index in [0.29, 0.717) is 21.9 Å². The average molecular weight is 490 g/mol. The number of pyridine rings is 1. The van der Waals surface area contributed by atoms with E-state index in [1.54, 1.807) is 43.4 Å². The number of ether oxygens (including phenoxy) is 1. The zero-order valence-electron chi connectivity index (χ0n) is 17.6. The second-order valence-corrected chi connectivity index (χ2v) is 8.42. The van der Waals surface area contributed by atoms with Gasteiger partial charge in [-0.05, 0) is 36.1 Å². The predicted molar refractivity (Wildman–Crippen MR) is 128 cm³/mol. The van der Waals surface area contributed by atoms with Crippen LogP contribution in [0.5, 0.6) is 0 Å². The molecule has 0 amide bonds. The van der Waals surface area contributed by atoms with Gasteiger partial charge < -0.3 is 9.30 Å². The van der Waals surface area contributed by atoms with Gasteiger partial charge in [-0.2, -0.15) is 0 Å². The number of rotatable bonds is 5. The number of halogens is 1. The number of carbonyl (C=O) groups excluding carboxylic acids is 2. The first-order valence-electron chi connectivity index (χ1n) is 10.0. The SMILES string of the molecule is Cc1ccc(-c2c(C(=O)OCC(=O)c3ccc(Br)cc3)n(C)c(=O)c3ccccc23)cc1. The Morgan fingerprint density at radius 1 is 0.906 bits per heavy atom. The largest absolute Gasteiger partial charge is 0.453 e. The maximum absolute atomic E-state index is 13.2. The van der Waals surface area contributed by atoms with Gasteiger partial charge in [0.2, 0.25) is 0 Å². The Morgan fingerprint density at radius 2 is 1.53 bits per heavy atom. The van der Waals surface area contributed by atoms with Gasteiger partial charge in [-0.15, -0.1) is 0 Å². The third-order valence-corrected chi connectivity index (χ3v) is 5.87. The number of carbonyl (C=O) groups is 2. The van der Waals surface area contributed by atoms with Crippen molar-refractivity contribution in [2.45, 2.75) is 6.92 Å². The molecule has 0 aliphatic heterocycles. The third kappa shape index (κ3) is 4.14. The highest BCUT2D eigenvalue weighted by atomic mass is 79.9. The summed E-state index contributed by atoms with van der Waals surface area (Å²) in [6.45, 7) is 1.56. The number of hydrogen-bond acceptors (Lipinski definition) is 4. The average Bonchev–Trinajstić information content (AvgIpc) is 2.80. The molecule has 4 aromatic rings. The van der Waals surface area contributed by atoms with E-state index in [2.05, 4.69) is 15.9 Å². The van der Waals surface area contributed by atoms with E-state index in [0.717, 1.165) is 15.6 Å². The lowest BCUT2D eigenvalue weighted by atomic mass is 9.96. The number of benzene rings is 3. The predicted octanol–water partition coefficient (Wildman–Crippen LogP) is 5.32. The van der Waals surface area contributed by atoms with Crippen molar-refractivity contribution in [3.63, 3.8) is 0 Å². The molecule has 0 radical (unpaired) electrons. The maximum atomic E-state index is 13.2. The van der Waals surface area contributed by atoms with Gasteiger partial charge in [-0.3, -0.25) is 9.59 Å². The number of aromatic nitrogens is 1. The molecule has 0 unspecified atom stereocenters. The number of aryl methyl sites for hydroxylation is 1. The summed E-state index contributed by atoms with van der Waals surface area (Å²) in [5, 5.41) is 1.17. The summed E-state index contributed by atoms with van der Waals surface area (Å²) < 4.78 is 7.53. The molecule has 0 saturated carbocycles. The Morgan fingerprint density at radius 3 is 2.19 bits per heavy atom. The highest BCUT2D eigenvalue weighted by molar-refractivity contribution is 9.10. The van der Waals surface area contributed by atoms with Crippen molar-refractivity contribution in [1.29, 1.82) is 0 Å². The van der Waals surface area contributed by atoms with Crippen molar-refractivity contribution in [1.82, 2.24) is 4.57 Å². The van der Waals surface area contributed by atoms with Crippen LogP contribution in [0.4, 0.5) is 0 Å². The molecule has 0 N–H and O–H groups in total. The molecule has 0 aliphatic carbocycles. The standard InChI is InChI=1S/C26H20BrNO4/c1-16-7-9-18(10-8-16)23-20-5-3-4-6-21(20)25(30)28(2)24(23)26(31)32-15-22(29)17-11-13-19(27)14-12-17/h3-14H,15H2,1-2H3. The molecule has 0 atom stereocenters. The fourth-order valence-electron chi connectivity index (χ4n) is 3.64. The summed E-state index contributed by atoms with van der Waals surface area (Å²) in [7, 11) is 1.54. The molecule has 0 bridgehead atoms. The van der Waals surface area contributed by atoms with Crippen LogP contribution in [0.15, 0.2) is 82.1 Å². The molecule has 4 rings (SSSR count). The quantitative estimate of drug-likeness (QED) is 0.281. The molecule has 32 heavy (non-hydrogen) atoms. The van der Waals surface area contributed by atoms with Crippen molar-refractivity contribution in [2.75, 3.05) is 6.61 Å². The Balaban J connectivity index is 1.78. The molecular formula is C26H20BrNO4. The smallest absolute Gasteiger partial charge is 0.356 e. The number of esters is 1. The summed E-state index contributed by atoms with van der Waals surface area (Å²) in [6.07, 6.45) is 0. The van der Waals surface area contributed by atoms with Gasteiger partial charge in [-0.1, -0.05) is 76.1 Å². The Bertz CT molecular complexity index is 1390. The topological polar surface area (TPSA) is 65.4 Å². The molecule has 1 aromatic heterocycles. The number of Topliss-reactive ketones (excluding diaryl/α,β-unsaturated/α-hetero) is 1. The van der Waals surface area contributed by atoms with Crippen molar-refractivity contribution >= 4 is 38.5 Å². The van der Waals surface area contributed by atoms with Gasteiger partial charge in [0.05, 0.1) is 0 Å². The van der Waals surface area contributed by atoms with E-state index >= 15 is 0 Å². The van der Waals surface area contributed by atoms with Gasteiger partial charge in [0.25, 0.3) is 5.56 Å². The van der Waals surface area contributed by atoms with Crippen LogP contribution in [0.3, 0.4) is 0 Å². The van der Waals surface area contributed by atoms with E-state index in [9.17, 15) is 14.4 Å². The fourth-order valence-corrected chi connectivity index (χ4v) is 3.90. The lowest BCUT2D eigenvalue weighted by Crippen LogP contribution is -2.27. The lowest BCUT2D eigenvalue weighted by molar-refractivity contribution is 0.0465. The number of hydrogen-bond donors (Lipinski definition) is 0. The zero-order valence-corrected chi connectivity index (χ0v) is 19.2. The van der Waals surface area contributed by atoms with Crippen molar-refractivity contribution in [2.24, 2.45) is 7.05 Å². The minimum atomic E-state index is -0.726. The van der Waals surface area contributed by atoms with E-state index in [1.807, 2.05) is 43.3 Å². The molecule has 0 fully saturated rings. The summed E-state index contributed by atoms with van der Waals surface area (Å²) in [6, 6.07) is 21.7. The highest BCUT2D eigenvalue weighted by Gasteiger charge is 2.23. The summed E-state index contributed by atoms with van der Waals surface area (Å²) in [5.41, 5.74) is 2.71. The van der Waals surface area contributed by atoms with Crippen molar-refractivity contribution < 1.29 is 14.3 Å². The van der Waals surface area contributed by atoms with Gasteiger partial charge >= 0.3 is 5.97 Å². The van der Waals surface area contributed by atoms with Crippen LogP contribution in [-0.2, 0) is 11.8 Å². The minimum absolute atomic E-state index is 0.112. The number of nitrogens with zero attached hydrogens (tertiary/aromatic N) is 1. The molecular weight excluding hydrogens is 470 g/mol. The zero-order chi connectivity index (χ0) is 22.8. The molecule has 160 valence electrons. The first-order chi connectivity index (χ1) is 15.4. The van der Waals surface area contributed by atoms with Gasteiger partial charge in [-0.25, -0.2) is 4.79 Å². The molecule has 3 aromatic carbocycles. The number of fused-ring (bicyclic) bond motifs is 1. The molecule has 5 nitrogen and oxygen atoms in total. The molecule has 0 saturated heterocycles. The van der Waals surface area contributed by atoms with Gasteiger partial charge in [0, 0.05) is 28.0 Å². The van der Waals surface area contributed by atoms with E-state index < -0.39 is 12.6 Å². The highest BCUT2D eigenvalue weighted by Crippen LogP contribution is 2.31. The number of ketones is 1. The van der Waals surface area contributed by atoms with Crippen LogP contribution < -0.4 is 5.56 Å². The summed E-state index contributed by atoms with van der Waals surface area (Å²) in [5.74, 6) is -1.05. The van der Waals surface area contributed by atoms with E-state index in [1.165, 1.54) is 4.57 Å². The van der Waals surface area contributed by atoms with Gasteiger partial charge in [0.1, 0.15) is 5.69 Å². The molecule has 6 heteroatoms. The lowest BCUT2D eigenvalue weighted by Gasteiger charge is -2.17. The fraction of sp³-hybridized carbons (Fsp3) is 0.115. The first-order valence-corrected chi connectivity index (χ1v) is 10.8. The Hall–Kier alpha value is -3.51. The monoisotopic (exact) mass is 489 g/mol. The van der Waals surface area contributed by atoms with Crippen LogP contribution >= 0.6 is 15.9 Å². The molecule has 0 spiro atoms. The first kappa shape index (κ1) is 21.7. The third-order valence-electron chi connectivity index (χ3n) is 5.34. The Labute approximate surface area is 193 Å². The van der Waals surface area contributed by atoms with Crippen molar-refractivity contribution in [3.8, 4) is 11.1 Å². The second kappa shape index (κ2) is 8.93. The van der Waals surface area contributed by atoms with Crippen LogP contribution in [0.25, 0.3) is 21.9 Å². The van der Waals surface area contributed by atoms with E-state index in [4.69, 9.17) is 4.74 Å².